The summed E-state index contributed by atoms with van der Waals surface area (Å²) in [6.45, 7) is 10.6. The Morgan fingerprint density at radius 2 is 2.00 bits per heavy atom. The molecule has 3 nitrogen and oxygen atoms in total. The van der Waals surface area contributed by atoms with E-state index in [9.17, 15) is 5.26 Å². The van der Waals surface area contributed by atoms with E-state index in [0.717, 1.165) is 25.6 Å². The molecule has 0 heterocycles. The lowest BCUT2D eigenvalue weighted by molar-refractivity contribution is 0.188. The van der Waals surface area contributed by atoms with Crippen molar-refractivity contribution >= 4 is 0 Å². The maximum Gasteiger partial charge on any atom is 0.105 e. The third-order valence-electron chi connectivity index (χ3n) is 4.00. The summed E-state index contributed by atoms with van der Waals surface area (Å²) < 4.78 is 0. The zero-order valence-electron chi connectivity index (χ0n) is 12.5. The molecular formula is C15H29N3. The van der Waals surface area contributed by atoms with Crippen molar-refractivity contribution in [2.24, 2.45) is 0 Å². The van der Waals surface area contributed by atoms with Gasteiger partial charge < -0.3 is 4.90 Å². The summed E-state index contributed by atoms with van der Waals surface area (Å²) in [5.74, 6) is 0. The minimum atomic E-state index is -0.389. The second-order valence-corrected chi connectivity index (χ2v) is 6.06. The molecule has 0 amide bonds. The van der Waals surface area contributed by atoms with Crippen molar-refractivity contribution in [1.29, 1.82) is 5.26 Å². The first-order chi connectivity index (χ1) is 8.50. The number of hydrogen-bond donors (Lipinski definition) is 1. The van der Waals surface area contributed by atoms with E-state index in [1.165, 1.54) is 25.7 Å². The van der Waals surface area contributed by atoms with Crippen LogP contribution in [0.3, 0.4) is 0 Å². The van der Waals surface area contributed by atoms with Crippen LogP contribution >= 0.6 is 0 Å². The molecule has 1 aliphatic rings. The van der Waals surface area contributed by atoms with Gasteiger partial charge in [0.05, 0.1) is 6.07 Å². The summed E-state index contributed by atoms with van der Waals surface area (Å²) in [6, 6.07) is 3.56. The third kappa shape index (κ3) is 4.59. The van der Waals surface area contributed by atoms with Crippen molar-refractivity contribution in [1.82, 2.24) is 10.2 Å². The van der Waals surface area contributed by atoms with Crippen molar-refractivity contribution in [3.05, 3.63) is 0 Å². The van der Waals surface area contributed by atoms with E-state index in [1.54, 1.807) is 0 Å². The highest BCUT2D eigenvalue weighted by Gasteiger charge is 2.27. The summed E-state index contributed by atoms with van der Waals surface area (Å²) in [5.41, 5.74) is -0.389. The Labute approximate surface area is 113 Å². The van der Waals surface area contributed by atoms with Gasteiger partial charge in [-0.2, -0.15) is 5.26 Å². The van der Waals surface area contributed by atoms with Gasteiger partial charge in [-0.1, -0.05) is 19.8 Å². The van der Waals surface area contributed by atoms with Gasteiger partial charge in [-0.05, 0) is 46.6 Å². The number of nitriles is 1. The predicted molar refractivity (Wildman–Crippen MR) is 76.4 cm³/mol. The number of nitrogens with zero attached hydrogens (tertiary/aromatic N) is 2. The molecule has 1 fully saturated rings. The van der Waals surface area contributed by atoms with Crippen LogP contribution in [0.2, 0.25) is 0 Å². The SMILES string of the molecule is CCN(CCC(C)(C#N)NC(C)C)C1CCCC1. The van der Waals surface area contributed by atoms with Crippen LogP contribution in [0.4, 0.5) is 0 Å². The molecule has 1 saturated carbocycles. The minimum Gasteiger partial charge on any atom is -0.301 e. The van der Waals surface area contributed by atoms with E-state index in [1.807, 2.05) is 6.92 Å². The molecule has 1 rings (SSSR count). The van der Waals surface area contributed by atoms with Crippen LogP contribution in [0.5, 0.6) is 0 Å². The molecule has 0 bridgehead atoms. The Hall–Kier alpha value is -0.590. The Kier molecular flexibility index (Phi) is 6.11. The van der Waals surface area contributed by atoms with Gasteiger partial charge in [-0.15, -0.1) is 0 Å². The van der Waals surface area contributed by atoms with E-state index in [-0.39, 0.29) is 5.54 Å². The van der Waals surface area contributed by atoms with Crippen LogP contribution in [-0.4, -0.2) is 35.6 Å². The average Bonchev–Trinajstić information content (AvgIpc) is 2.83. The van der Waals surface area contributed by atoms with Crippen LogP contribution < -0.4 is 5.32 Å². The number of nitrogens with one attached hydrogen (secondary N) is 1. The average molecular weight is 251 g/mol. The topological polar surface area (TPSA) is 39.1 Å². The fraction of sp³-hybridized carbons (Fsp3) is 0.933. The predicted octanol–water partition coefficient (Wildman–Crippen LogP) is 2.92. The molecule has 1 aliphatic carbocycles. The zero-order valence-corrected chi connectivity index (χ0v) is 12.5. The van der Waals surface area contributed by atoms with Gasteiger partial charge >= 0.3 is 0 Å². The van der Waals surface area contributed by atoms with Crippen LogP contribution in [0.15, 0.2) is 0 Å². The van der Waals surface area contributed by atoms with E-state index in [2.05, 4.69) is 37.1 Å². The van der Waals surface area contributed by atoms with E-state index in [0.29, 0.717) is 6.04 Å². The van der Waals surface area contributed by atoms with Crippen molar-refractivity contribution in [2.75, 3.05) is 13.1 Å². The zero-order chi connectivity index (χ0) is 13.6. The Morgan fingerprint density at radius 1 is 1.39 bits per heavy atom. The second kappa shape index (κ2) is 7.11. The molecular weight excluding hydrogens is 222 g/mol. The molecule has 0 aliphatic heterocycles. The van der Waals surface area contributed by atoms with Gasteiger partial charge in [0.15, 0.2) is 0 Å². The fourth-order valence-corrected chi connectivity index (χ4v) is 3.03. The van der Waals surface area contributed by atoms with Crippen LogP contribution in [0.25, 0.3) is 0 Å². The van der Waals surface area contributed by atoms with Crippen LogP contribution in [0.1, 0.15) is 59.8 Å². The molecule has 0 aromatic carbocycles. The lowest BCUT2D eigenvalue weighted by Gasteiger charge is -2.32. The van der Waals surface area contributed by atoms with Gasteiger partial charge in [0.25, 0.3) is 0 Å². The molecule has 0 aromatic heterocycles. The summed E-state index contributed by atoms with van der Waals surface area (Å²) in [5, 5.41) is 12.7. The Morgan fingerprint density at radius 3 is 2.44 bits per heavy atom. The lowest BCUT2D eigenvalue weighted by atomic mass is 9.98. The van der Waals surface area contributed by atoms with E-state index >= 15 is 0 Å². The van der Waals surface area contributed by atoms with E-state index in [4.69, 9.17) is 0 Å². The van der Waals surface area contributed by atoms with Crippen molar-refractivity contribution in [3.8, 4) is 6.07 Å². The quantitative estimate of drug-likeness (QED) is 0.756. The Bertz CT molecular complexity index is 276. The highest BCUT2D eigenvalue weighted by molar-refractivity contribution is 5.04. The molecule has 0 spiro atoms. The Balaban J connectivity index is 2.47. The van der Waals surface area contributed by atoms with Gasteiger partial charge in [0.2, 0.25) is 0 Å². The number of rotatable bonds is 7. The molecule has 3 heteroatoms. The maximum atomic E-state index is 9.35. The monoisotopic (exact) mass is 251 g/mol. The van der Waals surface area contributed by atoms with Gasteiger partial charge in [-0.3, -0.25) is 5.32 Å². The van der Waals surface area contributed by atoms with Gasteiger partial charge in [-0.25, -0.2) is 0 Å². The van der Waals surface area contributed by atoms with Crippen LogP contribution in [-0.2, 0) is 0 Å². The largest absolute Gasteiger partial charge is 0.301 e. The normalized spacial score (nSPS) is 20.3. The fourth-order valence-electron chi connectivity index (χ4n) is 3.03. The smallest absolute Gasteiger partial charge is 0.105 e. The molecule has 1 unspecified atom stereocenters. The molecule has 0 radical (unpaired) electrons. The molecule has 1 N–H and O–H groups in total. The molecule has 18 heavy (non-hydrogen) atoms. The summed E-state index contributed by atoms with van der Waals surface area (Å²) >= 11 is 0. The summed E-state index contributed by atoms with van der Waals surface area (Å²) in [4.78, 5) is 2.56. The summed E-state index contributed by atoms with van der Waals surface area (Å²) in [7, 11) is 0. The van der Waals surface area contributed by atoms with Crippen molar-refractivity contribution < 1.29 is 0 Å². The highest BCUT2D eigenvalue weighted by Crippen LogP contribution is 2.24. The van der Waals surface area contributed by atoms with Crippen LogP contribution in [0, 0.1) is 11.3 Å². The molecule has 1 atom stereocenters. The third-order valence-corrected chi connectivity index (χ3v) is 4.00. The minimum absolute atomic E-state index is 0.358. The molecule has 0 saturated heterocycles. The number of hydrogen-bond acceptors (Lipinski definition) is 3. The van der Waals surface area contributed by atoms with Crippen molar-refractivity contribution in [3.63, 3.8) is 0 Å². The lowest BCUT2D eigenvalue weighted by Crippen LogP contribution is -2.48. The van der Waals surface area contributed by atoms with E-state index < -0.39 is 0 Å². The first kappa shape index (κ1) is 15.5. The van der Waals surface area contributed by atoms with Gasteiger partial charge in [0, 0.05) is 18.6 Å². The summed E-state index contributed by atoms with van der Waals surface area (Å²) in [6.07, 6.45) is 6.34. The first-order valence-corrected chi connectivity index (χ1v) is 7.43. The highest BCUT2D eigenvalue weighted by atomic mass is 15.2. The first-order valence-electron chi connectivity index (χ1n) is 7.43. The standard InChI is InChI=1S/C15H29N3/c1-5-18(14-8-6-7-9-14)11-10-15(4,12-16)17-13(2)3/h13-14,17H,5-11H2,1-4H3. The maximum absolute atomic E-state index is 9.35. The second-order valence-electron chi connectivity index (χ2n) is 6.06. The van der Waals surface area contributed by atoms with Gasteiger partial charge in [0.1, 0.15) is 5.54 Å². The van der Waals surface area contributed by atoms with Crippen molar-refractivity contribution in [2.45, 2.75) is 77.4 Å². The molecule has 0 aromatic rings. The molecule has 104 valence electrons.